The van der Waals surface area contributed by atoms with Gasteiger partial charge in [0.15, 0.2) is 11.6 Å². The van der Waals surface area contributed by atoms with Gasteiger partial charge in [-0.05, 0) is 37.3 Å². The molecule has 2 rings (SSSR count). The number of aromatic nitrogens is 2. The van der Waals surface area contributed by atoms with E-state index in [0.717, 1.165) is 5.69 Å². The predicted octanol–water partition coefficient (Wildman–Crippen LogP) is 1.97. The monoisotopic (exact) mass is 350 g/mol. The summed E-state index contributed by atoms with van der Waals surface area (Å²) < 4.78 is 0. The van der Waals surface area contributed by atoms with Gasteiger partial charge in [-0.3, -0.25) is 15.6 Å². The summed E-state index contributed by atoms with van der Waals surface area (Å²) in [4.78, 5) is 22.1. The molecule has 5 N–H and O–H groups in total. The molecule has 0 aliphatic heterocycles. The van der Waals surface area contributed by atoms with Crippen molar-refractivity contribution < 1.29 is 14.7 Å². The maximum atomic E-state index is 11.6. The van der Waals surface area contributed by atoms with E-state index in [2.05, 4.69) is 26.4 Å². The zero-order chi connectivity index (χ0) is 17.5. The fourth-order valence-electron chi connectivity index (χ4n) is 1.66. The number of halogens is 1. The topological polar surface area (TPSA) is 128 Å². The summed E-state index contributed by atoms with van der Waals surface area (Å²) in [7, 11) is 0. The van der Waals surface area contributed by atoms with Crippen molar-refractivity contribution in [2.75, 3.05) is 10.7 Å². The number of hydrazine groups is 1. The molecule has 0 bridgehead atoms. The van der Waals surface area contributed by atoms with Gasteiger partial charge >= 0.3 is 6.09 Å². The Balaban J connectivity index is 1.88. The first kappa shape index (κ1) is 17.3. The van der Waals surface area contributed by atoms with E-state index in [-0.39, 0.29) is 0 Å². The van der Waals surface area contributed by atoms with Gasteiger partial charge in [-0.25, -0.2) is 4.79 Å². The molecule has 0 unspecified atom stereocenters. The standard InChI is InChI=1S/C14H15ClN6O3/c1-8(16-14(23)24)13(22)21-20-12-6-5-11(18-19-12)17-10-4-2-3-9(15)7-10/h2-8,16H,1H3,(H,17,18)(H,19,20)(H,21,22)(H,23,24)/t8-/m1/s1. The third-order valence-corrected chi connectivity index (χ3v) is 3.04. The molecule has 1 aromatic carbocycles. The third kappa shape index (κ3) is 5.29. The van der Waals surface area contributed by atoms with E-state index in [1.807, 2.05) is 11.4 Å². The van der Waals surface area contributed by atoms with E-state index in [9.17, 15) is 9.59 Å². The van der Waals surface area contributed by atoms with Crippen LogP contribution in [0.5, 0.6) is 0 Å². The van der Waals surface area contributed by atoms with E-state index < -0.39 is 18.0 Å². The Kier molecular flexibility index (Phi) is 5.74. The number of carbonyl (C=O) groups is 2. The molecular formula is C14H15ClN6O3. The van der Waals surface area contributed by atoms with Gasteiger partial charge in [-0.2, -0.15) is 0 Å². The molecule has 0 aliphatic carbocycles. The predicted molar refractivity (Wildman–Crippen MR) is 89.2 cm³/mol. The van der Waals surface area contributed by atoms with Crippen molar-refractivity contribution in [3.05, 3.63) is 41.4 Å². The Labute approximate surface area is 142 Å². The minimum Gasteiger partial charge on any atom is -0.465 e. The second-order valence-electron chi connectivity index (χ2n) is 4.72. The molecule has 0 spiro atoms. The minimum atomic E-state index is -1.28. The Morgan fingerprint density at radius 3 is 2.50 bits per heavy atom. The van der Waals surface area contributed by atoms with Crippen LogP contribution >= 0.6 is 11.6 Å². The van der Waals surface area contributed by atoms with Crippen molar-refractivity contribution in [1.29, 1.82) is 0 Å². The fourth-order valence-corrected chi connectivity index (χ4v) is 1.85. The lowest BCUT2D eigenvalue weighted by Gasteiger charge is -2.13. The smallest absolute Gasteiger partial charge is 0.405 e. The van der Waals surface area contributed by atoms with Crippen LogP contribution in [0.15, 0.2) is 36.4 Å². The molecule has 10 heteroatoms. The number of amides is 2. The van der Waals surface area contributed by atoms with Crippen LogP contribution in [0.3, 0.4) is 0 Å². The van der Waals surface area contributed by atoms with Crippen LogP contribution in [0, 0.1) is 0 Å². The van der Waals surface area contributed by atoms with Crippen molar-refractivity contribution in [2.24, 2.45) is 0 Å². The van der Waals surface area contributed by atoms with E-state index >= 15 is 0 Å². The summed E-state index contributed by atoms with van der Waals surface area (Å²) in [5.74, 6) is 0.234. The third-order valence-electron chi connectivity index (χ3n) is 2.81. The van der Waals surface area contributed by atoms with E-state index in [4.69, 9.17) is 16.7 Å². The second kappa shape index (κ2) is 7.97. The summed E-state index contributed by atoms with van der Waals surface area (Å²) in [5, 5.41) is 22.0. The molecule has 9 nitrogen and oxygen atoms in total. The van der Waals surface area contributed by atoms with Gasteiger partial charge in [0.1, 0.15) is 6.04 Å². The Morgan fingerprint density at radius 1 is 1.17 bits per heavy atom. The van der Waals surface area contributed by atoms with Crippen LogP contribution in [-0.4, -0.2) is 33.3 Å². The summed E-state index contributed by atoms with van der Waals surface area (Å²) in [6, 6.07) is 9.47. The first-order valence-electron chi connectivity index (χ1n) is 6.85. The van der Waals surface area contributed by atoms with E-state index in [1.165, 1.54) is 6.92 Å². The largest absolute Gasteiger partial charge is 0.465 e. The van der Waals surface area contributed by atoms with Gasteiger partial charge in [-0.15, -0.1) is 10.2 Å². The average molecular weight is 351 g/mol. The van der Waals surface area contributed by atoms with Crippen molar-refractivity contribution >= 4 is 40.9 Å². The first-order chi connectivity index (χ1) is 11.4. The summed E-state index contributed by atoms with van der Waals surface area (Å²) in [5.41, 5.74) is 5.63. The number of carboxylic acid groups (broad SMARTS) is 1. The molecular weight excluding hydrogens is 336 g/mol. The summed E-state index contributed by atoms with van der Waals surface area (Å²) in [6.45, 7) is 1.41. The molecule has 0 aliphatic rings. The Bertz CT molecular complexity index is 725. The lowest BCUT2D eigenvalue weighted by atomic mass is 10.3. The Morgan fingerprint density at radius 2 is 1.88 bits per heavy atom. The van der Waals surface area contributed by atoms with Crippen molar-refractivity contribution in [1.82, 2.24) is 20.9 Å². The fraction of sp³-hybridized carbons (Fsp3) is 0.143. The lowest BCUT2D eigenvalue weighted by Crippen LogP contribution is -2.46. The van der Waals surface area contributed by atoms with Crippen LogP contribution < -0.4 is 21.5 Å². The molecule has 2 amide bonds. The molecule has 1 heterocycles. The van der Waals surface area contributed by atoms with Crippen LogP contribution in [0.2, 0.25) is 5.02 Å². The van der Waals surface area contributed by atoms with Crippen LogP contribution in [0.1, 0.15) is 6.92 Å². The Hall–Kier alpha value is -3.07. The normalized spacial score (nSPS) is 11.2. The molecule has 24 heavy (non-hydrogen) atoms. The first-order valence-corrected chi connectivity index (χ1v) is 7.23. The van der Waals surface area contributed by atoms with Gasteiger partial charge in [0, 0.05) is 10.7 Å². The van der Waals surface area contributed by atoms with Crippen LogP contribution in [0.4, 0.5) is 22.1 Å². The zero-order valence-corrected chi connectivity index (χ0v) is 13.3. The number of rotatable bonds is 6. The van der Waals surface area contributed by atoms with Gasteiger partial charge in [0.2, 0.25) is 0 Å². The van der Waals surface area contributed by atoms with Crippen LogP contribution in [-0.2, 0) is 4.79 Å². The van der Waals surface area contributed by atoms with Gasteiger partial charge in [0.05, 0.1) is 0 Å². The van der Waals surface area contributed by atoms with Crippen molar-refractivity contribution in [2.45, 2.75) is 13.0 Å². The maximum Gasteiger partial charge on any atom is 0.405 e. The maximum absolute atomic E-state index is 11.6. The molecule has 0 saturated heterocycles. The van der Waals surface area contributed by atoms with E-state index in [1.54, 1.807) is 30.3 Å². The highest BCUT2D eigenvalue weighted by Gasteiger charge is 2.14. The number of hydrogen-bond acceptors (Lipinski definition) is 6. The number of nitrogens with zero attached hydrogens (tertiary/aromatic N) is 2. The average Bonchev–Trinajstić information content (AvgIpc) is 2.53. The van der Waals surface area contributed by atoms with Crippen molar-refractivity contribution in [3.8, 4) is 0 Å². The summed E-state index contributed by atoms with van der Waals surface area (Å²) >= 11 is 5.90. The minimum absolute atomic E-state index is 0.294. The van der Waals surface area contributed by atoms with Gasteiger partial charge in [0.25, 0.3) is 5.91 Å². The quantitative estimate of drug-likeness (QED) is 0.504. The molecule has 1 aromatic heterocycles. The number of hydrogen-bond donors (Lipinski definition) is 5. The number of nitrogens with one attached hydrogen (secondary N) is 4. The second-order valence-corrected chi connectivity index (χ2v) is 5.16. The highest BCUT2D eigenvalue weighted by Crippen LogP contribution is 2.18. The molecule has 0 radical (unpaired) electrons. The van der Waals surface area contributed by atoms with E-state index in [0.29, 0.717) is 16.7 Å². The highest BCUT2D eigenvalue weighted by atomic mass is 35.5. The number of anilines is 3. The zero-order valence-electron chi connectivity index (χ0n) is 12.6. The molecule has 0 fully saturated rings. The molecule has 1 atom stereocenters. The lowest BCUT2D eigenvalue weighted by molar-refractivity contribution is -0.122. The SMILES string of the molecule is C[C@@H](NC(=O)O)C(=O)NNc1ccc(Nc2cccc(Cl)c2)nn1. The van der Waals surface area contributed by atoms with Crippen LogP contribution in [0.25, 0.3) is 0 Å². The highest BCUT2D eigenvalue weighted by molar-refractivity contribution is 6.30. The number of benzene rings is 1. The van der Waals surface area contributed by atoms with Crippen molar-refractivity contribution in [3.63, 3.8) is 0 Å². The molecule has 126 valence electrons. The van der Waals surface area contributed by atoms with Gasteiger partial charge in [-0.1, -0.05) is 17.7 Å². The number of carbonyl (C=O) groups excluding carboxylic acids is 1. The summed E-state index contributed by atoms with van der Waals surface area (Å²) in [6.07, 6.45) is -1.28. The molecule has 2 aromatic rings. The van der Waals surface area contributed by atoms with Gasteiger partial charge < -0.3 is 15.7 Å². The molecule has 0 saturated carbocycles.